The summed E-state index contributed by atoms with van der Waals surface area (Å²) in [7, 11) is 1.73. The summed E-state index contributed by atoms with van der Waals surface area (Å²) in [6.45, 7) is 3.12. The Kier molecular flexibility index (Phi) is 4.08. The number of hydrogen-bond donors (Lipinski definition) is 2. The standard InChI is InChI=1S/C13H14N2O.C2H4O2/c1-8-13-11(5-6-14-8)10-4-3-9(16-2)7-12(10)15-13;1-2(3)4/h3,5-6,15H,4,7H2,1-2H3;1H3,(H,3,4). The lowest BCUT2D eigenvalue weighted by Crippen LogP contribution is -2.03. The molecule has 0 radical (unpaired) electrons. The molecule has 0 atom stereocenters. The van der Waals surface area contributed by atoms with Crippen LogP contribution < -0.4 is 0 Å². The summed E-state index contributed by atoms with van der Waals surface area (Å²) < 4.78 is 5.30. The number of aromatic nitrogens is 2. The Hall–Kier alpha value is -2.30. The van der Waals surface area contributed by atoms with Crippen LogP contribution in [-0.2, 0) is 22.4 Å². The highest BCUT2D eigenvalue weighted by Crippen LogP contribution is 2.29. The van der Waals surface area contributed by atoms with E-state index in [-0.39, 0.29) is 0 Å². The van der Waals surface area contributed by atoms with Crippen molar-refractivity contribution in [1.82, 2.24) is 9.97 Å². The number of hydrogen-bond acceptors (Lipinski definition) is 3. The van der Waals surface area contributed by atoms with Gasteiger partial charge in [-0.3, -0.25) is 9.78 Å². The van der Waals surface area contributed by atoms with Gasteiger partial charge in [0.05, 0.1) is 24.1 Å². The van der Waals surface area contributed by atoms with E-state index < -0.39 is 5.97 Å². The highest BCUT2D eigenvalue weighted by Gasteiger charge is 2.17. The average Bonchev–Trinajstić information content (AvgIpc) is 2.77. The van der Waals surface area contributed by atoms with Gasteiger partial charge in [-0.2, -0.15) is 0 Å². The molecule has 3 rings (SSSR count). The highest BCUT2D eigenvalue weighted by molar-refractivity contribution is 5.86. The molecule has 1 aliphatic rings. The van der Waals surface area contributed by atoms with Gasteiger partial charge in [-0.1, -0.05) is 0 Å². The molecular weight excluding hydrogens is 256 g/mol. The van der Waals surface area contributed by atoms with Gasteiger partial charge in [0.1, 0.15) is 0 Å². The van der Waals surface area contributed by atoms with E-state index in [2.05, 4.69) is 22.1 Å². The van der Waals surface area contributed by atoms with Crippen molar-refractivity contribution in [2.45, 2.75) is 26.7 Å². The quantitative estimate of drug-likeness (QED) is 0.838. The minimum atomic E-state index is -0.833. The third kappa shape index (κ3) is 2.82. The normalized spacial score (nSPS) is 13.1. The second kappa shape index (κ2) is 5.77. The number of allylic oxidation sites excluding steroid dienone is 2. The number of aryl methyl sites for hydroxylation is 1. The lowest BCUT2D eigenvalue weighted by Gasteiger charge is -2.12. The number of aliphatic carboxylic acids is 1. The Balaban J connectivity index is 0.000000328. The summed E-state index contributed by atoms with van der Waals surface area (Å²) in [6.07, 6.45) is 5.84. The predicted octanol–water partition coefficient (Wildman–Crippen LogP) is 2.59. The Bertz CT molecular complexity index is 667. The van der Waals surface area contributed by atoms with Gasteiger partial charge < -0.3 is 14.8 Å². The Morgan fingerprint density at radius 2 is 2.20 bits per heavy atom. The number of carboxylic acid groups (broad SMARTS) is 1. The van der Waals surface area contributed by atoms with E-state index in [0.717, 1.165) is 31.2 Å². The lowest BCUT2D eigenvalue weighted by atomic mass is 10.0. The van der Waals surface area contributed by atoms with Crippen molar-refractivity contribution in [3.8, 4) is 0 Å². The molecular formula is C15H18N2O3. The number of pyridine rings is 1. The molecule has 0 saturated heterocycles. The summed E-state index contributed by atoms with van der Waals surface area (Å²) in [6, 6.07) is 2.09. The van der Waals surface area contributed by atoms with Gasteiger partial charge in [-0.15, -0.1) is 0 Å². The molecule has 5 nitrogen and oxygen atoms in total. The van der Waals surface area contributed by atoms with Crippen molar-refractivity contribution in [2.75, 3.05) is 7.11 Å². The van der Waals surface area contributed by atoms with Crippen molar-refractivity contribution >= 4 is 16.9 Å². The van der Waals surface area contributed by atoms with E-state index in [0.29, 0.717) is 0 Å². The van der Waals surface area contributed by atoms with E-state index in [4.69, 9.17) is 14.6 Å². The fourth-order valence-corrected chi connectivity index (χ4v) is 2.37. The van der Waals surface area contributed by atoms with Crippen LogP contribution >= 0.6 is 0 Å². The van der Waals surface area contributed by atoms with Crippen LogP contribution in [0.5, 0.6) is 0 Å². The maximum absolute atomic E-state index is 9.00. The van der Waals surface area contributed by atoms with Gasteiger partial charge >= 0.3 is 0 Å². The molecule has 0 unspecified atom stereocenters. The zero-order chi connectivity index (χ0) is 14.7. The van der Waals surface area contributed by atoms with Gasteiger partial charge in [0.2, 0.25) is 0 Å². The van der Waals surface area contributed by atoms with Crippen molar-refractivity contribution < 1.29 is 14.6 Å². The highest BCUT2D eigenvalue weighted by atomic mass is 16.5. The fourth-order valence-electron chi connectivity index (χ4n) is 2.37. The molecule has 2 aromatic rings. The van der Waals surface area contributed by atoms with Gasteiger partial charge in [0.25, 0.3) is 5.97 Å². The van der Waals surface area contributed by atoms with Crippen molar-refractivity contribution in [1.29, 1.82) is 0 Å². The molecule has 0 bridgehead atoms. The van der Waals surface area contributed by atoms with Crippen LogP contribution in [0.15, 0.2) is 24.1 Å². The van der Waals surface area contributed by atoms with Crippen LogP contribution in [-0.4, -0.2) is 28.2 Å². The van der Waals surface area contributed by atoms with Crippen LogP contribution in [0, 0.1) is 6.92 Å². The first-order chi connectivity index (χ1) is 9.52. The Labute approximate surface area is 117 Å². The van der Waals surface area contributed by atoms with Crippen LogP contribution in [0.3, 0.4) is 0 Å². The summed E-state index contributed by atoms with van der Waals surface area (Å²) in [4.78, 5) is 16.8. The van der Waals surface area contributed by atoms with Crippen LogP contribution in [0.1, 0.15) is 23.9 Å². The van der Waals surface area contributed by atoms with Gasteiger partial charge in [-0.25, -0.2) is 0 Å². The van der Waals surface area contributed by atoms with Crippen LogP contribution in [0.2, 0.25) is 0 Å². The van der Waals surface area contributed by atoms with Crippen molar-refractivity contribution in [3.05, 3.63) is 41.0 Å². The molecule has 0 aliphatic heterocycles. The molecule has 0 fully saturated rings. The Morgan fingerprint density at radius 3 is 2.85 bits per heavy atom. The first-order valence-electron chi connectivity index (χ1n) is 6.40. The van der Waals surface area contributed by atoms with E-state index in [1.165, 1.54) is 22.2 Å². The largest absolute Gasteiger partial charge is 0.501 e. The number of nitrogens with one attached hydrogen (secondary N) is 1. The zero-order valence-electron chi connectivity index (χ0n) is 11.9. The number of fused-ring (bicyclic) bond motifs is 3. The topological polar surface area (TPSA) is 75.2 Å². The Morgan fingerprint density at radius 1 is 1.50 bits per heavy atom. The van der Waals surface area contributed by atoms with Gasteiger partial charge in [0, 0.05) is 30.6 Å². The number of aromatic amines is 1. The third-order valence-electron chi connectivity index (χ3n) is 3.25. The number of rotatable bonds is 1. The molecule has 106 valence electrons. The molecule has 0 aromatic carbocycles. The molecule has 2 heterocycles. The first-order valence-corrected chi connectivity index (χ1v) is 6.40. The second-order valence-electron chi connectivity index (χ2n) is 4.68. The SMILES string of the molecule is CC(=O)O.COC1=CCc2c([nH]c3c(C)nccc23)C1. The van der Waals surface area contributed by atoms with Crippen molar-refractivity contribution in [3.63, 3.8) is 0 Å². The molecule has 0 amide bonds. The van der Waals surface area contributed by atoms with Crippen LogP contribution in [0.4, 0.5) is 0 Å². The summed E-state index contributed by atoms with van der Waals surface area (Å²) in [5.74, 6) is 0.213. The number of methoxy groups -OCH3 is 1. The number of carboxylic acids is 1. The van der Waals surface area contributed by atoms with Gasteiger partial charge in [0.15, 0.2) is 0 Å². The molecule has 0 saturated carbocycles. The smallest absolute Gasteiger partial charge is 0.300 e. The minimum absolute atomic E-state index is 0.833. The monoisotopic (exact) mass is 274 g/mol. The van der Waals surface area contributed by atoms with E-state index in [1.807, 2.05) is 13.1 Å². The maximum atomic E-state index is 9.00. The zero-order valence-corrected chi connectivity index (χ0v) is 11.9. The summed E-state index contributed by atoms with van der Waals surface area (Å²) in [5, 5.41) is 8.72. The minimum Gasteiger partial charge on any atom is -0.501 e. The van der Waals surface area contributed by atoms with Crippen molar-refractivity contribution in [2.24, 2.45) is 0 Å². The molecule has 2 aromatic heterocycles. The molecule has 0 spiro atoms. The number of nitrogens with zero attached hydrogens (tertiary/aromatic N) is 1. The number of ether oxygens (including phenoxy) is 1. The molecule has 5 heteroatoms. The van der Waals surface area contributed by atoms with Gasteiger partial charge in [-0.05, 0) is 31.1 Å². The van der Waals surface area contributed by atoms with Crippen LogP contribution in [0.25, 0.3) is 10.9 Å². The fraction of sp³-hybridized carbons (Fsp3) is 0.333. The predicted molar refractivity (Wildman–Crippen MR) is 76.6 cm³/mol. The van der Waals surface area contributed by atoms with E-state index in [9.17, 15) is 0 Å². The maximum Gasteiger partial charge on any atom is 0.300 e. The third-order valence-corrected chi connectivity index (χ3v) is 3.25. The molecule has 2 N–H and O–H groups in total. The number of carbonyl (C=O) groups is 1. The molecule has 20 heavy (non-hydrogen) atoms. The lowest BCUT2D eigenvalue weighted by molar-refractivity contribution is -0.134. The average molecular weight is 274 g/mol. The summed E-state index contributed by atoms with van der Waals surface area (Å²) in [5.41, 5.74) is 4.89. The molecule has 1 aliphatic carbocycles. The second-order valence-corrected chi connectivity index (χ2v) is 4.68. The van der Waals surface area contributed by atoms with E-state index in [1.54, 1.807) is 7.11 Å². The number of H-pyrrole nitrogens is 1. The summed E-state index contributed by atoms with van der Waals surface area (Å²) >= 11 is 0. The van der Waals surface area contributed by atoms with E-state index >= 15 is 0 Å². The first kappa shape index (κ1) is 14.1.